The van der Waals surface area contributed by atoms with Gasteiger partial charge in [-0.05, 0) is 48.9 Å². The zero-order valence-electron chi connectivity index (χ0n) is 15.7. The molecular weight excluding hydrogens is 386 g/mol. The molecule has 0 unspecified atom stereocenters. The largest absolute Gasteiger partial charge is 0.418 e. The van der Waals surface area contributed by atoms with Crippen LogP contribution in [0, 0.1) is 6.92 Å². The van der Waals surface area contributed by atoms with Gasteiger partial charge < -0.3 is 9.73 Å². The van der Waals surface area contributed by atoms with Crippen LogP contribution in [0.4, 0.5) is 0 Å². The predicted molar refractivity (Wildman–Crippen MR) is 112 cm³/mol. The van der Waals surface area contributed by atoms with Gasteiger partial charge in [-0.1, -0.05) is 59.6 Å². The van der Waals surface area contributed by atoms with Crippen molar-refractivity contribution in [1.29, 1.82) is 0 Å². The van der Waals surface area contributed by atoms with Crippen LogP contribution in [-0.4, -0.2) is 16.1 Å². The molecular formula is C23H18ClN3O2. The third-order valence-electron chi connectivity index (χ3n) is 4.50. The Morgan fingerprint density at radius 1 is 0.931 bits per heavy atom. The van der Waals surface area contributed by atoms with E-state index in [1.807, 2.05) is 61.5 Å². The molecule has 1 heterocycles. The number of amides is 1. The molecule has 1 aromatic heterocycles. The predicted octanol–water partition coefficient (Wildman–Crippen LogP) is 5.22. The van der Waals surface area contributed by atoms with E-state index in [1.165, 1.54) is 0 Å². The first-order valence-electron chi connectivity index (χ1n) is 9.12. The molecule has 1 atom stereocenters. The van der Waals surface area contributed by atoms with Crippen molar-refractivity contribution in [1.82, 2.24) is 15.5 Å². The van der Waals surface area contributed by atoms with Crippen molar-refractivity contribution < 1.29 is 9.21 Å². The van der Waals surface area contributed by atoms with E-state index in [0.29, 0.717) is 22.4 Å². The van der Waals surface area contributed by atoms with Crippen LogP contribution in [0.15, 0.2) is 83.3 Å². The third-order valence-corrected chi connectivity index (χ3v) is 4.75. The van der Waals surface area contributed by atoms with Crippen molar-refractivity contribution in [2.75, 3.05) is 0 Å². The van der Waals surface area contributed by atoms with Crippen LogP contribution in [0.5, 0.6) is 0 Å². The molecule has 0 aliphatic heterocycles. The van der Waals surface area contributed by atoms with Gasteiger partial charge in [0.15, 0.2) is 0 Å². The summed E-state index contributed by atoms with van der Waals surface area (Å²) in [6.07, 6.45) is 0. The van der Waals surface area contributed by atoms with Gasteiger partial charge in [0.2, 0.25) is 11.8 Å². The first-order valence-corrected chi connectivity index (χ1v) is 9.50. The van der Waals surface area contributed by atoms with E-state index in [4.69, 9.17) is 16.0 Å². The lowest BCUT2D eigenvalue weighted by Gasteiger charge is -2.16. The molecule has 3 aromatic carbocycles. The number of aryl methyl sites for hydroxylation is 1. The molecule has 1 amide bonds. The molecule has 0 radical (unpaired) electrons. The molecule has 29 heavy (non-hydrogen) atoms. The first kappa shape index (κ1) is 18.9. The fraction of sp³-hybridized carbons (Fsp3) is 0.0870. The highest BCUT2D eigenvalue weighted by molar-refractivity contribution is 6.30. The molecule has 0 bridgehead atoms. The second kappa shape index (κ2) is 8.29. The van der Waals surface area contributed by atoms with Crippen LogP contribution in [-0.2, 0) is 0 Å². The summed E-state index contributed by atoms with van der Waals surface area (Å²) >= 11 is 6.02. The van der Waals surface area contributed by atoms with Gasteiger partial charge in [0.25, 0.3) is 5.91 Å². The van der Waals surface area contributed by atoms with E-state index in [0.717, 1.165) is 16.7 Å². The second-order valence-corrected chi connectivity index (χ2v) is 7.07. The van der Waals surface area contributed by atoms with E-state index in [2.05, 4.69) is 15.5 Å². The number of carbonyl (C=O) groups is 1. The molecule has 1 N–H and O–H groups in total. The Balaban J connectivity index is 1.67. The first-order chi connectivity index (χ1) is 14.1. The smallest absolute Gasteiger partial charge is 0.252 e. The summed E-state index contributed by atoms with van der Waals surface area (Å²) in [5, 5.41) is 11.9. The van der Waals surface area contributed by atoms with E-state index >= 15 is 0 Å². The maximum atomic E-state index is 12.8. The summed E-state index contributed by atoms with van der Waals surface area (Å²) in [5.41, 5.74) is 3.24. The minimum absolute atomic E-state index is 0.232. The molecule has 5 nitrogen and oxygen atoms in total. The van der Waals surface area contributed by atoms with Gasteiger partial charge >= 0.3 is 0 Å². The van der Waals surface area contributed by atoms with Crippen molar-refractivity contribution in [3.63, 3.8) is 0 Å². The number of rotatable bonds is 5. The molecule has 0 spiro atoms. The number of nitrogens with zero attached hydrogens (tertiary/aromatic N) is 2. The lowest BCUT2D eigenvalue weighted by atomic mass is 10.1. The van der Waals surface area contributed by atoms with Crippen molar-refractivity contribution >= 4 is 17.5 Å². The van der Waals surface area contributed by atoms with Crippen molar-refractivity contribution in [2.45, 2.75) is 13.0 Å². The number of hydrogen-bond acceptors (Lipinski definition) is 4. The van der Waals surface area contributed by atoms with Crippen LogP contribution >= 0.6 is 11.6 Å². The fourth-order valence-electron chi connectivity index (χ4n) is 2.91. The summed E-state index contributed by atoms with van der Waals surface area (Å²) < 4.78 is 5.90. The SMILES string of the molecule is Cc1ccc(C(=O)N[C@H](c2ccc(Cl)cc2)c2nnc(-c3ccccc3)o2)cc1. The monoisotopic (exact) mass is 403 g/mol. The topological polar surface area (TPSA) is 68.0 Å². The molecule has 0 aliphatic carbocycles. The number of halogens is 1. The van der Waals surface area contributed by atoms with Gasteiger partial charge in [-0.2, -0.15) is 0 Å². The van der Waals surface area contributed by atoms with Crippen LogP contribution in [0.25, 0.3) is 11.5 Å². The zero-order valence-corrected chi connectivity index (χ0v) is 16.4. The molecule has 0 saturated carbocycles. The van der Waals surface area contributed by atoms with E-state index in [9.17, 15) is 4.79 Å². The standard InChI is InChI=1S/C23H18ClN3O2/c1-15-7-9-17(10-8-15)21(28)25-20(16-11-13-19(24)14-12-16)23-27-26-22(29-23)18-5-3-2-4-6-18/h2-14,20H,1H3,(H,25,28)/t20-/m1/s1. The highest BCUT2D eigenvalue weighted by atomic mass is 35.5. The Labute approximate surface area is 173 Å². The van der Waals surface area contributed by atoms with Crippen LogP contribution in [0.2, 0.25) is 5.02 Å². The maximum Gasteiger partial charge on any atom is 0.252 e. The average molecular weight is 404 g/mol. The molecule has 6 heteroatoms. The second-order valence-electron chi connectivity index (χ2n) is 6.64. The summed E-state index contributed by atoms with van der Waals surface area (Å²) in [7, 11) is 0. The molecule has 0 fully saturated rings. The zero-order chi connectivity index (χ0) is 20.2. The van der Waals surface area contributed by atoms with Crippen LogP contribution in [0.3, 0.4) is 0 Å². The van der Waals surface area contributed by atoms with Crippen molar-refractivity contribution in [2.24, 2.45) is 0 Å². The summed E-state index contributed by atoms with van der Waals surface area (Å²) in [4.78, 5) is 12.8. The van der Waals surface area contributed by atoms with Crippen LogP contribution < -0.4 is 5.32 Å². The minimum Gasteiger partial charge on any atom is -0.418 e. The maximum absolute atomic E-state index is 12.8. The molecule has 0 aliphatic rings. The Bertz CT molecular complexity index is 1110. The number of carbonyl (C=O) groups excluding carboxylic acids is 1. The summed E-state index contributed by atoms with van der Waals surface area (Å²) in [5.74, 6) is 0.459. The van der Waals surface area contributed by atoms with E-state index in [1.54, 1.807) is 24.3 Å². The summed E-state index contributed by atoms with van der Waals surface area (Å²) in [6.45, 7) is 1.97. The fourth-order valence-corrected chi connectivity index (χ4v) is 3.04. The number of nitrogens with one attached hydrogen (secondary N) is 1. The molecule has 144 valence electrons. The Morgan fingerprint density at radius 3 is 2.31 bits per heavy atom. The number of benzene rings is 3. The van der Waals surface area contributed by atoms with Crippen molar-refractivity contribution in [3.05, 3.63) is 106 Å². The molecule has 4 aromatic rings. The lowest BCUT2D eigenvalue weighted by Crippen LogP contribution is -2.29. The van der Waals surface area contributed by atoms with Gasteiger partial charge in [0.1, 0.15) is 6.04 Å². The van der Waals surface area contributed by atoms with Gasteiger partial charge in [-0.3, -0.25) is 4.79 Å². The average Bonchev–Trinajstić information content (AvgIpc) is 3.24. The minimum atomic E-state index is -0.606. The summed E-state index contributed by atoms with van der Waals surface area (Å²) in [6, 6.07) is 23.4. The Morgan fingerprint density at radius 2 is 1.62 bits per heavy atom. The number of hydrogen-bond donors (Lipinski definition) is 1. The van der Waals surface area contributed by atoms with Crippen molar-refractivity contribution in [3.8, 4) is 11.5 Å². The number of aromatic nitrogens is 2. The van der Waals surface area contributed by atoms with Gasteiger partial charge in [0, 0.05) is 16.1 Å². The van der Waals surface area contributed by atoms with E-state index < -0.39 is 6.04 Å². The molecule has 4 rings (SSSR count). The van der Waals surface area contributed by atoms with Crippen LogP contribution in [0.1, 0.15) is 33.4 Å². The van der Waals surface area contributed by atoms with Gasteiger partial charge in [0.05, 0.1) is 0 Å². The van der Waals surface area contributed by atoms with E-state index in [-0.39, 0.29) is 5.91 Å². The Hall–Kier alpha value is -3.44. The quantitative estimate of drug-likeness (QED) is 0.496. The lowest BCUT2D eigenvalue weighted by molar-refractivity contribution is 0.0938. The van der Waals surface area contributed by atoms with Gasteiger partial charge in [-0.15, -0.1) is 10.2 Å². The highest BCUT2D eigenvalue weighted by Crippen LogP contribution is 2.26. The molecule has 0 saturated heterocycles. The van der Waals surface area contributed by atoms with Gasteiger partial charge in [-0.25, -0.2) is 0 Å². The normalized spacial score (nSPS) is 11.8. The third kappa shape index (κ3) is 4.36. The Kier molecular flexibility index (Phi) is 5.40. The highest BCUT2D eigenvalue weighted by Gasteiger charge is 2.24.